The van der Waals surface area contributed by atoms with E-state index >= 15 is 0 Å². The second-order valence-electron chi connectivity index (χ2n) is 6.20. The van der Waals surface area contributed by atoms with Crippen molar-refractivity contribution < 1.29 is 19.1 Å². The van der Waals surface area contributed by atoms with Gasteiger partial charge >= 0.3 is 0 Å². The highest BCUT2D eigenvalue weighted by molar-refractivity contribution is 6.07. The third-order valence-electron chi connectivity index (χ3n) is 4.12. The van der Waals surface area contributed by atoms with Gasteiger partial charge < -0.3 is 15.2 Å². The molecule has 0 aliphatic carbocycles. The first kappa shape index (κ1) is 20.2. The summed E-state index contributed by atoms with van der Waals surface area (Å²) in [6, 6.07) is 11.7. The SMILES string of the molecule is COc1ccc(OC)c(C=CC(=O)c2cccc(C(C(N)=O)N(C)C)c2)c1. The maximum absolute atomic E-state index is 12.6. The summed E-state index contributed by atoms with van der Waals surface area (Å²) in [5.41, 5.74) is 7.35. The summed E-state index contributed by atoms with van der Waals surface area (Å²) in [7, 11) is 6.67. The summed E-state index contributed by atoms with van der Waals surface area (Å²) in [5, 5.41) is 0. The van der Waals surface area contributed by atoms with Gasteiger partial charge in [0.2, 0.25) is 5.91 Å². The highest BCUT2D eigenvalue weighted by Gasteiger charge is 2.20. The Morgan fingerprint density at radius 1 is 1.07 bits per heavy atom. The number of ether oxygens (including phenoxy) is 2. The van der Waals surface area contributed by atoms with Gasteiger partial charge in [-0.2, -0.15) is 0 Å². The number of hydrogen-bond donors (Lipinski definition) is 1. The van der Waals surface area contributed by atoms with E-state index in [1.165, 1.54) is 6.08 Å². The lowest BCUT2D eigenvalue weighted by molar-refractivity contribution is -0.122. The van der Waals surface area contributed by atoms with Crippen LogP contribution in [0.3, 0.4) is 0 Å². The van der Waals surface area contributed by atoms with E-state index < -0.39 is 11.9 Å². The first-order valence-electron chi connectivity index (χ1n) is 8.37. The number of methoxy groups -OCH3 is 2. The van der Waals surface area contributed by atoms with E-state index in [9.17, 15) is 9.59 Å². The smallest absolute Gasteiger partial charge is 0.239 e. The predicted molar refractivity (Wildman–Crippen MR) is 105 cm³/mol. The molecule has 0 saturated heterocycles. The fraction of sp³-hybridized carbons (Fsp3) is 0.238. The summed E-state index contributed by atoms with van der Waals surface area (Å²) >= 11 is 0. The first-order valence-corrected chi connectivity index (χ1v) is 8.37. The van der Waals surface area contributed by atoms with E-state index in [0.717, 1.165) is 5.56 Å². The Morgan fingerprint density at radius 2 is 1.81 bits per heavy atom. The standard InChI is InChI=1S/C21H24N2O4/c1-23(2)20(21(22)25)16-7-5-6-14(12-16)18(24)10-8-15-13-17(26-3)9-11-19(15)27-4/h5-13,20H,1-4H3,(H2,22,25). The number of primary amides is 1. The lowest BCUT2D eigenvalue weighted by Crippen LogP contribution is -2.32. The minimum atomic E-state index is -0.597. The van der Waals surface area contributed by atoms with Crippen LogP contribution < -0.4 is 15.2 Å². The topological polar surface area (TPSA) is 81.9 Å². The van der Waals surface area contributed by atoms with Gasteiger partial charge in [0.25, 0.3) is 0 Å². The normalized spacial score (nSPS) is 12.2. The zero-order valence-electron chi connectivity index (χ0n) is 15.9. The van der Waals surface area contributed by atoms with E-state index in [2.05, 4.69) is 0 Å². The summed E-state index contributed by atoms with van der Waals surface area (Å²) in [5.74, 6) is 0.639. The Kier molecular flexibility index (Phi) is 6.73. The molecule has 27 heavy (non-hydrogen) atoms. The monoisotopic (exact) mass is 368 g/mol. The molecule has 0 bridgehead atoms. The number of carbonyl (C=O) groups is 2. The van der Waals surface area contributed by atoms with Gasteiger partial charge in [0.15, 0.2) is 5.78 Å². The average molecular weight is 368 g/mol. The van der Waals surface area contributed by atoms with Crippen LogP contribution in [0.5, 0.6) is 11.5 Å². The number of allylic oxidation sites excluding steroid dienone is 1. The molecule has 1 atom stereocenters. The van der Waals surface area contributed by atoms with Crippen LogP contribution in [0.4, 0.5) is 0 Å². The van der Waals surface area contributed by atoms with Crippen molar-refractivity contribution in [2.24, 2.45) is 5.73 Å². The zero-order valence-corrected chi connectivity index (χ0v) is 15.9. The minimum absolute atomic E-state index is 0.191. The number of nitrogens with zero attached hydrogens (tertiary/aromatic N) is 1. The van der Waals surface area contributed by atoms with E-state index in [1.807, 2.05) is 0 Å². The molecule has 1 amide bonds. The molecule has 0 aliphatic rings. The number of nitrogens with two attached hydrogens (primary N) is 1. The Balaban J connectivity index is 2.30. The van der Waals surface area contributed by atoms with Gasteiger partial charge in [-0.25, -0.2) is 0 Å². The van der Waals surface area contributed by atoms with Crippen LogP contribution in [0.2, 0.25) is 0 Å². The molecule has 6 nitrogen and oxygen atoms in total. The van der Waals surface area contributed by atoms with Crippen LogP contribution in [-0.4, -0.2) is 44.9 Å². The van der Waals surface area contributed by atoms with Gasteiger partial charge in [0, 0.05) is 11.1 Å². The number of carbonyl (C=O) groups excluding carboxylic acids is 2. The number of hydrogen-bond acceptors (Lipinski definition) is 5. The van der Waals surface area contributed by atoms with Gasteiger partial charge in [0.1, 0.15) is 17.5 Å². The Labute approximate surface area is 159 Å². The van der Waals surface area contributed by atoms with E-state index in [4.69, 9.17) is 15.2 Å². The molecule has 0 fully saturated rings. The van der Waals surface area contributed by atoms with Gasteiger partial charge in [-0.15, -0.1) is 0 Å². The summed E-state index contributed by atoms with van der Waals surface area (Å²) in [4.78, 5) is 26.0. The predicted octanol–water partition coefficient (Wildman–Crippen LogP) is 2.69. The molecule has 0 heterocycles. The molecule has 0 saturated carbocycles. The summed E-state index contributed by atoms with van der Waals surface area (Å²) < 4.78 is 10.5. The van der Waals surface area contributed by atoms with Crippen molar-refractivity contribution in [3.05, 3.63) is 65.2 Å². The van der Waals surface area contributed by atoms with Crippen molar-refractivity contribution in [2.75, 3.05) is 28.3 Å². The zero-order chi connectivity index (χ0) is 20.0. The highest BCUT2D eigenvalue weighted by Crippen LogP contribution is 2.25. The van der Waals surface area contributed by atoms with Crippen LogP contribution in [-0.2, 0) is 4.79 Å². The molecule has 0 aromatic heterocycles. The van der Waals surface area contributed by atoms with Crippen molar-refractivity contribution >= 4 is 17.8 Å². The molecule has 2 rings (SSSR count). The third-order valence-corrected chi connectivity index (χ3v) is 4.12. The number of rotatable bonds is 8. The van der Waals surface area contributed by atoms with Crippen LogP contribution in [0.1, 0.15) is 27.5 Å². The van der Waals surface area contributed by atoms with Crippen LogP contribution >= 0.6 is 0 Å². The molecule has 0 radical (unpaired) electrons. The molecule has 2 aromatic carbocycles. The van der Waals surface area contributed by atoms with E-state index in [0.29, 0.717) is 22.6 Å². The highest BCUT2D eigenvalue weighted by atomic mass is 16.5. The summed E-state index contributed by atoms with van der Waals surface area (Å²) in [6.45, 7) is 0. The lowest BCUT2D eigenvalue weighted by atomic mass is 10.00. The molecule has 0 aliphatic heterocycles. The van der Waals surface area contributed by atoms with Gasteiger partial charge in [0.05, 0.1) is 14.2 Å². The molecule has 2 N–H and O–H groups in total. The fourth-order valence-electron chi connectivity index (χ4n) is 2.81. The largest absolute Gasteiger partial charge is 0.497 e. The van der Waals surface area contributed by atoms with E-state index in [1.54, 1.807) is 81.8 Å². The van der Waals surface area contributed by atoms with Crippen LogP contribution in [0.15, 0.2) is 48.5 Å². The van der Waals surface area contributed by atoms with Gasteiger partial charge in [-0.05, 0) is 56.1 Å². The molecule has 2 aromatic rings. The average Bonchev–Trinajstić information content (AvgIpc) is 2.65. The summed E-state index contributed by atoms with van der Waals surface area (Å²) in [6.07, 6.45) is 3.14. The Bertz CT molecular complexity index is 859. The van der Waals surface area contributed by atoms with Gasteiger partial charge in [-0.1, -0.05) is 18.2 Å². The van der Waals surface area contributed by atoms with Crippen LogP contribution in [0.25, 0.3) is 6.08 Å². The molecule has 142 valence electrons. The van der Waals surface area contributed by atoms with Crippen molar-refractivity contribution in [3.63, 3.8) is 0 Å². The number of amides is 1. The van der Waals surface area contributed by atoms with Crippen molar-refractivity contribution in [1.29, 1.82) is 0 Å². The molecule has 1 unspecified atom stereocenters. The lowest BCUT2D eigenvalue weighted by Gasteiger charge is -2.21. The number of ketones is 1. The Hall–Kier alpha value is -3.12. The first-order chi connectivity index (χ1) is 12.9. The van der Waals surface area contributed by atoms with Gasteiger partial charge in [-0.3, -0.25) is 14.5 Å². The maximum Gasteiger partial charge on any atom is 0.239 e. The minimum Gasteiger partial charge on any atom is -0.497 e. The number of benzene rings is 2. The molecular formula is C21H24N2O4. The van der Waals surface area contributed by atoms with E-state index in [-0.39, 0.29) is 5.78 Å². The van der Waals surface area contributed by atoms with Crippen molar-refractivity contribution in [3.8, 4) is 11.5 Å². The molecule has 6 heteroatoms. The second kappa shape index (κ2) is 9.00. The van der Waals surface area contributed by atoms with Crippen LogP contribution in [0, 0.1) is 0 Å². The molecule has 0 spiro atoms. The quantitative estimate of drug-likeness (QED) is 0.572. The molecular weight excluding hydrogens is 344 g/mol. The Morgan fingerprint density at radius 3 is 2.41 bits per heavy atom. The third kappa shape index (κ3) is 4.95. The fourth-order valence-corrected chi connectivity index (χ4v) is 2.81. The van der Waals surface area contributed by atoms with Crippen molar-refractivity contribution in [2.45, 2.75) is 6.04 Å². The second-order valence-corrected chi connectivity index (χ2v) is 6.20. The maximum atomic E-state index is 12.6. The van der Waals surface area contributed by atoms with Crippen molar-refractivity contribution in [1.82, 2.24) is 4.90 Å². The number of likely N-dealkylation sites (N-methyl/N-ethyl adjacent to an activating group) is 1.